The molecule has 8 nitrogen and oxygen atoms in total. The third-order valence-electron chi connectivity index (χ3n) is 6.75. The van der Waals surface area contributed by atoms with E-state index in [1.165, 1.54) is 0 Å². The first-order valence-corrected chi connectivity index (χ1v) is 13.9. The molecule has 1 unspecified atom stereocenters. The van der Waals surface area contributed by atoms with Crippen LogP contribution < -0.4 is 10.2 Å². The molecule has 208 valence electrons. The fourth-order valence-electron chi connectivity index (χ4n) is 4.80. The highest BCUT2D eigenvalue weighted by Gasteiger charge is 2.35. The smallest absolute Gasteiger partial charge is 0.303 e. The number of hydrogen-bond acceptors (Lipinski definition) is 5. The topological polar surface area (TPSA) is 102 Å². The second-order valence-electron chi connectivity index (χ2n) is 10.1. The number of carbonyl (C=O) groups is 3. The van der Waals surface area contributed by atoms with Gasteiger partial charge in [-0.05, 0) is 92.6 Å². The molecule has 0 saturated carbocycles. The lowest BCUT2D eigenvalue weighted by atomic mass is 9.89. The zero-order valence-electron chi connectivity index (χ0n) is 22.9. The van der Waals surface area contributed by atoms with E-state index < -0.39 is 11.9 Å². The van der Waals surface area contributed by atoms with Crippen molar-refractivity contribution in [3.63, 3.8) is 0 Å². The van der Waals surface area contributed by atoms with Crippen LogP contribution in [-0.2, 0) is 20.8 Å². The first-order valence-electron chi connectivity index (χ1n) is 13.2. The lowest BCUT2D eigenvalue weighted by Crippen LogP contribution is -2.31. The summed E-state index contributed by atoms with van der Waals surface area (Å²) in [7, 11) is 4.01. The van der Waals surface area contributed by atoms with Gasteiger partial charge in [0.2, 0.25) is 11.8 Å². The van der Waals surface area contributed by atoms with Crippen LogP contribution in [0, 0.1) is 0 Å². The van der Waals surface area contributed by atoms with Crippen LogP contribution in [0.2, 0.25) is 0 Å². The summed E-state index contributed by atoms with van der Waals surface area (Å²) in [6.07, 6.45) is 1.24. The van der Waals surface area contributed by atoms with Gasteiger partial charge in [0.25, 0.3) is 0 Å². The SMILES string of the molecule is CC(=O)N(CCCN(C)C)c1ccc(N=C(c2cccc(CCC(=O)O)c2)C2C(=O)Nc3cc(Br)ccc32)cc1. The fourth-order valence-corrected chi connectivity index (χ4v) is 5.16. The van der Waals surface area contributed by atoms with Crippen molar-refractivity contribution in [2.45, 2.75) is 32.1 Å². The summed E-state index contributed by atoms with van der Waals surface area (Å²) in [6.45, 7) is 3.05. The number of aryl methyl sites for hydroxylation is 1. The average molecular weight is 606 g/mol. The number of aliphatic carboxylic acids is 1. The number of nitrogens with one attached hydrogen (secondary N) is 1. The summed E-state index contributed by atoms with van der Waals surface area (Å²) >= 11 is 3.47. The van der Waals surface area contributed by atoms with Crippen LogP contribution in [0.3, 0.4) is 0 Å². The van der Waals surface area contributed by atoms with Crippen LogP contribution in [0.25, 0.3) is 0 Å². The normalized spacial score (nSPS) is 14.7. The number of carboxylic acid groups (broad SMARTS) is 1. The van der Waals surface area contributed by atoms with E-state index >= 15 is 0 Å². The lowest BCUT2D eigenvalue weighted by Gasteiger charge is -2.22. The molecule has 0 spiro atoms. The zero-order valence-corrected chi connectivity index (χ0v) is 24.4. The van der Waals surface area contributed by atoms with Gasteiger partial charge in [-0.2, -0.15) is 0 Å². The number of carboxylic acids is 1. The van der Waals surface area contributed by atoms with Gasteiger partial charge in [0.15, 0.2) is 0 Å². The van der Waals surface area contributed by atoms with Crippen LogP contribution in [0.4, 0.5) is 17.1 Å². The van der Waals surface area contributed by atoms with E-state index in [4.69, 9.17) is 10.1 Å². The second kappa shape index (κ2) is 13.0. The maximum Gasteiger partial charge on any atom is 0.303 e. The number of anilines is 2. The van der Waals surface area contributed by atoms with Gasteiger partial charge in [-0.25, -0.2) is 0 Å². The molecule has 3 aromatic carbocycles. The molecule has 9 heteroatoms. The first kappa shape index (κ1) is 29.2. The Bertz CT molecular complexity index is 1440. The molecule has 2 N–H and O–H groups in total. The number of nitrogens with zero attached hydrogens (tertiary/aromatic N) is 3. The molecule has 0 fully saturated rings. The summed E-state index contributed by atoms with van der Waals surface area (Å²) in [4.78, 5) is 45.6. The van der Waals surface area contributed by atoms with Gasteiger partial charge in [0.05, 0.1) is 11.4 Å². The van der Waals surface area contributed by atoms with Gasteiger partial charge in [0.1, 0.15) is 5.92 Å². The van der Waals surface area contributed by atoms with Gasteiger partial charge < -0.3 is 20.2 Å². The van der Waals surface area contributed by atoms with E-state index in [2.05, 4.69) is 26.1 Å². The van der Waals surface area contributed by atoms with Crippen LogP contribution in [0.15, 0.2) is 76.2 Å². The van der Waals surface area contributed by atoms with E-state index in [1.54, 1.807) is 11.8 Å². The van der Waals surface area contributed by atoms with Crippen molar-refractivity contribution in [3.05, 3.63) is 87.9 Å². The highest BCUT2D eigenvalue weighted by atomic mass is 79.9. The van der Waals surface area contributed by atoms with E-state index in [9.17, 15) is 14.4 Å². The maximum atomic E-state index is 13.3. The van der Waals surface area contributed by atoms with E-state index in [0.29, 0.717) is 24.4 Å². The molecule has 1 atom stereocenters. The first-order chi connectivity index (χ1) is 19.1. The van der Waals surface area contributed by atoms with Crippen LogP contribution >= 0.6 is 15.9 Å². The monoisotopic (exact) mass is 604 g/mol. The van der Waals surface area contributed by atoms with Crippen molar-refractivity contribution in [1.82, 2.24) is 4.90 Å². The Morgan fingerprint density at radius 2 is 1.77 bits per heavy atom. The van der Waals surface area contributed by atoms with Crippen LogP contribution in [0.1, 0.15) is 42.4 Å². The molecule has 0 aliphatic carbocycles. The Kier molecular flexibility index (Phi) is 9.50. The van der Waals surface area contributed by atoms with E-state index in [0.717, 1.165) is 45.5 Å². The predicted molar refractivity (Wildman–Crippen MR) is 162 cm³/mol. The number of halogens is 1. The third-order valence-corrected chi connectivity index (χ3v) is 7.24. The van der Waals surface area contributed by atoms with Gasteiger partial charge in [-0.3, -0.25) is 19.4 Å². The molecule has 4 rings (SSSR count). The van der Waals surface area contributed by atoms with E-state index in [1.807, 2.05) is 80.8 Å². The second-order valence-corrected chi connectivity index (χ2v) is 11.0. The number of fused-ring (bicyclic) bond motifs is 1. The quantitative estimate of drug-likeness (QED) is 0.276. The number of benzene rings is 3. The minimum Gasteiger partial charge on any atom is -0.481 e. The number of aliphatic imine (C=N–C) groups is 1. The van der Waals surface area contributed by atoms with Crippen molar-refractivity contribution in [1.29, 1.82) is 0 Å². The highest BCUT2D eigenvalue weighted by Crippen LogP contribution is 2.38. The minimum absolute atomic E-state index is 0.0133. The van der Waals surface area contributed by atoms with Crippen molar-refractivity contribution in [3.8, 4) is 0 Å². The molecule has 1 aliphatic heterocycles. The standard InChI is InChI=1S/C31H33BrN4O4/c1-20(37)36(17-5-16-35(2)3)25-12-10-24(11-13-25)33-30(22-7-4-6-21(18-22)8-15-28(38)39)29-26-14-9-23(32)19-27(26)34-31(29)40/h4,6-7,9-14,18-19,29H,5,8,15-17H2,1-3H3,(H,34,40)(H,38,39). The average Bonchev–Trinajstić information content (AvgIpc) is 3.23. The molecule has 1 aliphatic rings. The molecule has 2 amide bonds. The van der Waals surface area contributed by atoms with Crippen molar-refractivity contribution in [2.75, 3.05) is 37.4 Å². The summed E-state index contributed by atoms with van der Waals surface area (Å²) in [5.41, 5.74) is 5.15. The molecule has 0 saturated heterocycles. The Hall–Kier alpha value is -3.82. The third kappa shape index (κ3) is 7.22. The summed E-state index contributed by atoms with van der Waals surface area (Å²) in [5, 5.41) is 12.1. The minimum atomic E-state index is -0.865. The van der Waals surface area contributed by atoms with Crippen LogP contribution in [0.5, 0.6) is 0 Å². The molecule has 3 aromatic rings. The maximum absolute atomic E-state index is 13.3. The van der Waals surface area contributed by atoms with Crippen LogP contribution in [-0.4, -0.2) is 60.7 Å². The largest absolute Gasteiger partial charge is 0.481 e. The number of hydrogen-bond donors (Lipinski definition) is 2. The molecule has 1 heterocycles. The summed E-state index contributed by atoms with van der Waals surface area (Å²) in [6, 6.07) is 20.7. The molecule has 40 heavy (non-hydrogen) atoms. The van der Waals surface area contributed by atoms with Gasteiger partial charge in [-0.15, -0.1) is 0 Å². The zero-order chi connectivity index (χ0) is 28.8. The lowest BCUT2D eigenvalue weighted by molar-refractivity contribution is -0.137. The highest BCUT2D eigenvalue weighted by molar-refractivity contribution is 9.10. The van der Waals surface area contributed by atoms with E-state index in [-0.39, 0.29) is 18.2 Å². The summed E-state index contributed by atoms with van der Waals surface area (Å²) < 4.78 is 0.859. The van der Waals surface area contributed by atoms with Crippen molar-refractivity contribution < 1.29 is 19.5 Å². The molecular weight excluding hydrogens is 572 g/mol. The number of rotatable bonds is 11. The Labute approximate surface area is 242 Å². The van der Waals surface area contributed by atoms with Crippen molar-refractivity contribution in [2.24, 2.45) is 4.99 Å². The number of amides is 2. The molecule has 0 bridgehead atoms. The molecular formula is C31H33BrN4O4. The Morgan fingerprint density at radius 3 is 2.45 bits per heavy atom. The van der Waals surface area contributed by atoms with Gasteiger partial charge in [-0.1, -0.05) is 40.2 Å². The van der Waals surface area contributed by atoms with Gasteiger partial charge in [0, 0.05) is 35.7 Å². The number of carbonyl (C=O) groups excluding carboxylic acids is 2. The molecule has 0 radical (unpaired) electrons. The predicted octanol–water partition coefficient (Wildman–Crippen LogP) is 5.63. The summed E-state index contributed by atoms with van der Waals surface area (Å²) in [5.74, 6) is -1.71. The Morgan fingerprint density at radius 1 is 1.02 bits per heavy atom. The van der Waals surface area contributed by atoms with Crippen molar-refractivity contribution >= 4 is 56.5 Å². The fraction of sp³-hybridized carbons (Fsp3) is 0.290. The van der Waals surface area contributed by atoms with Gasteiger partial charge >= 0.3 is 5.97 Å². The Balaban J connectivity index is 1.72. The molecule has 0 aromatic heterocycles.